The summed E-state index contributed by atoms with van der Waals surface area (Å²) in [5.41, 5.74) is 3.54. The number of thiophene rings is 1. The number of nitrogens with zero attached hydrogens (tertiary/aromatic N) is 2. The molecule has 0 aliphatic carbocycles. The number of fused-ring (bicyclic) bond motifs is 3. The van der Waals surface area contributed by atoms with Gasteiger partial charge >= 0.3 is 0 Å². The Morgan fingerprint density at radius 1 is 1.43 bits per heavy atom. The molecular formula is C18H22N2O2S. The number of ether oxygens (including phenoxy) is 1. The van der Waals surface area contributed by atoms with Crippen LogP contribution in [0.3, 0.4) is 0 Å². The lowest BCUT2D eigenvalue weighted by atomic mass is 9.99. The van der Waals surface area contributed by atoms with Crippen molar-refractivity contribution in [3.63, 3.8) is 0 Å². The van der Waals surface area contributed by atoms with E-state index >= 15 is 0 Å². The van der Waals surface area contributed by atoms with Gasteiger partial charge in [-0.15, -0.1) is 11.3 Å². The minimum atomic E-state index is 0.155. The second-order valence-electron chi connectivity index (χ2n) is 5.79. The zero-order valence-electron chi connectivity index (χ0n) is 13.6. The van der Waals surface area contributed by atoms with Gasteiger partial charge in [0.05, 0.1) is 17.0 Å². The Kier molecular flexibility index (Phi) is 4.98. The quantitative estimate of drug-likeness (QED) is 0.751. The average molecular weight is 330 g/mol. The molecule has 0 radical (unpaired) electrons. The van der Waals surface area contributed by atoms with E-state index in [4.69, 9.17) is 4.74 Å². The minimum Gasteiger partial charge on any atom is -0.385 e. The Morgan fingerprint density at radius 3 is 3.13 bits per heavy atom. The lowest BCUT2D eigenvalue weighted by molar-refractivity contribution is -0.129. The topological polar surface area (TPSA) is 32.8 Å². The first kappa shape index (κ1) is 16.0. The number of methoxy groups -OCH3 is 1. The predicted octanol–water partition coefficient (Wildman–Crippen LogP) is 3.20. The van der Waals surface area contributed by atoms with Gasteiger partial charge in [-0.05, 0) is 35.1 Å². The van der Waals surface area contributed by atoms with E-state index < -0.39 is 0 Å². The number of allylic oxidation sites excluding steroid dienone is 1. The molecule has 2 aliphatic rings. The molecule has 23 heavy (non-hydrogen) atoms. The first-order chi connectivity index (χ1) is 11.2. The smallest absolute Gasteiger partial charge is 0.226 e. The van der Waals surface area contributed by atoms with Gasteiger partial charge in [-0.3, -0.25) is 4.79 Å². The molecule has 1 aromatic heterocycles. The number of hydrogen-bond donors (Lipinski definition) is 0. The fraction of sp³-hybridized carbons (Fsp3) is 0.389. The van der Waals surface area contributed by atoms with Gasteiger partial charge in [0, 0.05) is 40.1 Å². The fourth-order valence-electron chi connectivity index (χ4n) is 2.90. The summed E-state index contributed by atoms with van der Waals surface area (Å²) in [6, 6.07) is 2.13. The van der Waals surface area contributed by atoms with Crippen molar-refractivity contribution < 1.29 is 9.53 Å². The molecule has 3 rings (SSSR count). The fourth-order valence-corrected chi connectivity index (χ4v) is 3.88. The lowest BCUT2D eigenvalue weighted by Crippen LogP contribution is -2.30. The van der Waals surface area contributed by atoms with Crippen LogP contribution < -0.4 is 0 Å². The van der Waals surface area contributed by atoms with E-state index in [1.54, 1.807) is 23.3 Å². The molecule has 0 aromatic carbocycles. The van der Waals surface area contributed by atoms with E-state index in [0.29, 0.717) is 13.0 Å². The number of rotatable bonds is 6. The minimum absolute atomic E-state index is 0.155. The van der Waals surface area contributed by atoms with Crippen molar-refractivity contribution in [1.29, 1.82) is 0 Å². The zero-order valence-corrected chi connectivity index (χ0v) is 14.4. The molecule has 0 N–H and O–H groups in total. The van der Waals surface area contributed by atoms with Crippen molar-refractivity contribution in [2.75, 3.05) is 33.9 Å². The normalized spacial score (nSPS) is 15.7. The Morgan fingerprint density at radius 2 is 2.30 bits per heavy atom. The van der Waals surface area contributed by atoms with Gasteiger partial charge in [-0.2, -0.15) is 0 Å². The third kappa shape index (κ3) is 3.41. The van der Waals surface area contributed by atoms with Crippen LogP contribution in [0.25, 0.3) is 11.8 Å². The zero-order chi connectivity index (χ0) is 16.2. The van der Waals surface area contributed by atoms with Crippen LogP contribution >= 0.6 is 11.3 Å². The van der Waals surface area contributed by atoms with Crippen molar-refractivity contribution in [3.05, 3.63) is 45.8 Å². The summed E-state index contributed by atoms with van der Waals surface area (Å²) in [6.45, 7) is 2.28. The predicted molar refractivity (Wildman–Crippen MR) is 94.9 cm³/mol. The van der Waals surface area contributed by atoms with Crippen LogP contribution in [0.2, 0.25) is 0 Å². The summed E-state index contributed by atoms with van der Waals surface area (Å²) in [5.74, 6) is 0.155. The highest BCUT2D eigenvalue weighted by atomic mass is 32.1. The van der Waals surface area contributed by atoms with Crippen molar-refractivity contribution in [2.24, 2.45) is 0 Å². The molecule has 0 spiro atoms. The average Bonchev–Trinajstić information content (AvgIpc) is 3.03. The van der Waals surface area contributed by atoms with Crippen LogP contribution in [-0.2, 0) is 9.53 Å². The van der Waals surface area contributed by atoms with Gasteiger partial charge in [0.15, 0.2) is 0 Å². The van der Waals surface area contributed by atoms with Gasteiger partial charge in [0.1, 0.15) is 0 Å². The van der Waals surface area contributed by atoms with Crippen LogP contribution in [0, 0.1) is 0 Å². The summed E-state index contributed by atoms with van der Waals surface area (Å²) < 4.78 is 5.05. The maximum absolute atomic E-state index is 12.5. The first-order valence-corrected chi connectivity index (χ1v) is 8.74. The van der Waals surface area contributed by atoms with Crippen LogP contribution in [0.4, 0.5) is 0 Å². The summed E-state index contributed by atoms with van der Waals surface area (Å²) in [4.78, 5) is 17.8. The second kappa shape index (κ2) is 7.15. The molecule has 4 nitrogen and oxygen atoms in total. The van der Waals surface area contributed by atoms with E-state index in [9.17, 15) is 4.79 Å². The first-order valence-electron chi connectivity index (χ1n) is 7.86. The van der Waals surface area contributed by atoms with Gasteiger partial charge < -0.3 is 14.5 Å². The molecule has 0 saturated heterocycles. The Labute approximate surface area is 141 Å². The summed E-state index contributed by atoms with van der Waals surface area (Å²) in [6.07, 6.45) is 9.79. The van der Waals surface area contributed by atoms with Crippen LogP contribution in [0.5, 0.6) is 0 Å². The van der Waals surface area contributed by atoms with Gasteiger partial charge in [0.2, 0.25) is 5.91 Å². The third-order valence-corrected chi connectivity index (χ3v) is 5.10. The van der Waals surface area contributed by atoms with Crippen LogP contribution in [0.15, 0.2) is 35.4 Å². The highest BCUT2D eigenvalue weighted by Crippen LogP contribution is 2.38. The molecule has 0 saturated carbocycles. The molecule has 2 aliphatic heterocycles. The SMILES string of the molecule is COCCCN(C)C(=O)CC1=C2c3sccc3C=CN2CC=C1. The van der Waals surface area contributed by atoms with Gasteiger partial charge in [-0.25, -0.2) is 0 Å². The molecule has 0 fully saturated rings. The molecule has 1 amide bonds. The standard InChI is InChI=1S/C18H22N2O2S/c1-19(8-4-11-22-2)16(21)13-15-5-3-9-20-10-6-14-7-12-23-18(14)17(15)20/h3,5-7,10,12H,4,8-9,11,13H2,1-2H3. The van der Waals surface area contributed by atoms with E-state index in [2.05, 4.69) is 40.8 Å². The maximum atomic E-state index is 12.5. The highest BCUT2D eigenvalue weighted by Gasteiger charge is 2.24. The largest absolute Gasteiger partial charge is 0.385 e. The Hall–Kier alpha value is -1.85. The van der Waals surface area contributed by atoms with E-state index in [1.165, 1.54) is 16.1 Å². The number of carbonyl (C=O) groups excluding carboxylic acids is 1. The molecule has 5 heteroatoms. The Bertz CT molecular complexity index is 672. The summed E-state index contributed by atoms with van der Waals surface area (Å²) in [5, 5.41) is 2.11. The molecule has 0 bridgehead atoms. The lowest BCUT2D eigenvalue weighted by Gasteiger charge is -2.31. The third-order valence-electron chi connectivity index (χ3n) is 4.17. The molecule has 122 valence electrons. The monoisotopic (exact) mass is 330 g/mol. The van der Waals surface area contributed by atoms with Crippen molar-refractivity contribution in [1.82, 2.24) is 9.80 Å². The van der Waals surface area contributed by atoms with Gasteiger partial charge in [0.25, 0.3) is 0 Å². The molecule has 0 unspecified atom stereocenters. The number of amides is 1. The molecular weight excluding hydrogens is 308 g/mol. The summed E-state index contributed by atoms with van der Waals surface area (Å²) in [7, 11) is 3.55. The number of hydrogen-bond acceptors (Lipinski definition) is 4. The highest BCUT2D eigenvalue weighted by molar-refractivity contribution is 7.11. The maximum Gasteiger partial charge on any atom is 0.226 e. The number of carbonyl (C=O) groups is 1. The molecule has 1 aromatic rings. The van der Waals surface area contributed by atoms with Crippen molar-refractivity contribution >= 4 is 29.0 Å². The van der Waals surface area contributed by atoms with E-state index in [1.807, 2.05) is 7.05 Å². The van der Waals surface area contributed by atoms with E-state index in [-0.39, 0.29) is 5.91 Å². The molecule has 3 heterocycles. The summed E-state index contributed by atoms with van der Waals surface area (Å²) >= 11 is 1.74. The van der Waals surface area contributed by atoms with Crippen molar-refractivity contribution in [2.45, 2.75) is 12.8 Å². The Balaban J connectivity index is 1.77. The van der Waals surface area contributed by atoms with Crippen LogP contribution in [-0.4, -0.2) is 49.6 Å². The van der Waals surface area contributed by atoms with Crippen LogP contribution in [0.1, 0.15) is 23.3 Å². The van der Waals surface area contributed by atoms with E-state index in [0.717, 1.165) is 25.1 Å². The second-order valence-corrected chi connectivity index (χ2v) is 6.70. The molecule has 0 atom stereocenters. The van der Waals surface area contributed by atoms with Gasteiger partial charge in [-0.1, -0.05) is 12.2 Å². The van der Waals surface area contributed by atoms with Crippen molar-refractivity contribution in [3.8, 4) is 0 Å².